The molecule has 1 aliphatic carbocycles. The topological polar surface area (TPSA) is 62.8 Å². The van der Waals surface area contributed by atoms with Gasteiger partial charge in [-0.25, -0.2) is 0 Å². The van der Waals surface area contributed by atoms with Gasteiger partial charge in [-0.05, 0) is 56.4 Å². The molecule has 5 heteroatoms. The Hall–Kier alpha value is -2.40. The van der Waals surface area contributed by atoms with Crippen LogP contribution >= 0.6 is 0 Å². The van der Waals surface area contributed by atoms with Crippen molar-refractivity contribution in [3.8, 4) is 5.75 Å². The molecule has 0 amide bonds. The van der Waals surface area contributed by atoms with Crippen molar-refractivity contribution < 1.29 is 4.74 Å². The number of rotatable bonds is 5. The van der Waals surface area contributed by atoms with Crippen LogP contribution < -0.4 is 10.1 Å². The maximum atomic E-state index is 6.35. The van der Waals surface area contributed by atoms with Crippen LogP contribution in [0.15, 0.2) is 42.9 Å². The van der Waals surface area contributed by atoms with Gasteiger partial charge in [-0.15, -0.1) is 0 Å². The Labute approximate surface area is 147 Å². The second-order valence-corrected chi connectivity index (χ2v) is 6.87. The molecule has 0 saturated heterocycles. The highest BCUT2D eigenvalue weighted by molar-refractivity contribution is 5.83. The molecular weight excluding hydrogens is 312 g/mol. The maximum Gasteiger partial charge on any atom is 0.123 e. The van der Waals surface area contributed by atoms with E-state index in [1.165, 1.54) is 18.4 Å². The molecule has 0 aliphatic heterocycles. The molecule has 2 atom stereocenters. The molecule has 1 aromatic carbocycles. The summed E-state index contributed by atoms with van der Waals surface area (Å²) in [6, 6.07) is 8.70. The minimum absolute atomic E-state index is 0.267. The summed E-state index contributed by atoms with van der Waals surface area (Å²) in [5.41, 5.74) is 3.45. The molecule has 2 heterocycles. The molecular formula is C20H24N4O. The fraction of sp³-hybridized carbons (Fsp3) is 0.400. The molecule has 3 aromatic rings. The third-order valence-electron chi connectivity index (χ3n) is 5.08. The molecule has 1 saturated carbocycles. The fourth-order valence-corrected chi connectivity index (χ4v) is 3.65. The first-order valence-corrected chi connectivity index (χ1v) is 9.01. The second-order valence-electron chi connectivity index (χ2n) is 6.87. The van der Waals surface area contributed by atoms with Gasteiger partial charge in [0.25, 0.3) is 0 Å². The zero-order chi connectivity index (χ0) is 17.1. The highest BCUT2D eigenvalue weighted by Gasteiger charge is 2.23. The molecule has 0 spiro atoms. The van der Waals surface area contributed by atoms with Gasteiger partial charge in [0.15, 0.2) is 0 Å². The van der Waals surface area contributed by atoms with E-state index in [1.807, 2.05) is 30.7 Å². The molecule has 1 fully saturated rings. The van der Waals surface area contributed by atoms with Crippen molar-refractivity contribution in [1.82, 2.24) is 20.5 Å². The minimum Gasteiger partial charge on any atom is -0.490 e. The predicted molar refractivity (Wildman–Crippen MR) is 98.6 cm³/mol. The van der Waals surface area contributed by atoms with E-state index in [1.54, 1.807) is 0 Å². The standard InChI is InChI=1S/C20H24N4O/c1-14-18-13-23-24-19(18)7-8-20(14)25-17-6-2-5-16(10-17)22-12-15-4-3-9-21-11-15/h3-4,7-9,11,13,16-17,22H,2,5-6,10,12H2,1H3,(H,23,24). The summed E-state index contributed by atoms with van der Waals surface area (Å²) < 4.78 is 6.35. The second kappa shape index (κ2) is 7.23. The lowest BCUT2D eigenvalue weighted by molar-refractivity contribution is 0.133. The Morgan fingerprint density at radius 2 is 2.20 bits per heavy atom. The summed E-state index contributed by atoms with van der Waals surface area (Å²) in [5, 5.41) is 11.9. The van der Waals surface area contributed by atoms with Crippen molar-refractivity contribution in [2.45, 2.75) is 51.3 Å². The van der Waals surface area contributed by atoms with Crippen LogP contribution in [0.4, 0.5) is 0 Å². The number of ether oxygens (including phenoxy) is 1. The number of nitrogens with zero attached hydrogens (tertiary/aromatic N) is 2. The molecule has 25 heavy (non-hydrogen) atoms. The van der Waals surface area contributed by atoms with Crippen LogP contribution in [0.3, 0.4) is 0 Å². The number of fused-ring (bicyclic) bond motifs is 1. The van der Waals surface area contributed by atoms with Crippen molar-refractivity contribution >= 4 is 10.9 Å². The van der Waals surface area contributed by atoms with E-state index in [0.29, 0.717) is 6.04 Å². The molecule has 2 aromatic heterocycles. The molecule has 2 unspecified atom stereocenters. The number of aryl methyl sites for hydroxylation is 1. The van der Waals surface area contributed by atoms with Gasteiger partial charge < -0.3 is 10.1 Å². The summed E-state index contributed by atoms with van der Waals surface area (Å²) in [7, 11) is 0. The van der Waals surface area contributed by atoms with Gasteiger partial charge in [0.05, 0.1) is 11.7 Å². The molecule has 130 valence electrons. The summed E-state index contributed by atoms with van der Waals surface area (Å²) in [4.78, 5) is 4.18. The van der Waals surface area contributed by atoms with Gasteiger partial charge >= 0.3 is 0 Å². The van der Waals surface area contributed by atoms with Crippen LogP contribution in [-0.2, 0) is 6.54 Å². The predicted octanol–water partition coefficient (Wildman–Crippen LogP) is 3.75. The fourth-order valence-electron chi connectivity index (χ4n) is 3.65. The molecule has 2 N–H and O–H groups in total. The summed E-state index contributed by atoms with van der Waals surface area (Å²) in [5.74, 6) is 0.979. The average molecular weight is 336 g/mol. The quantitative estimate of drug-likeness (QED) is 0.745. The van der Waals surface area contributed by atoms with E-state index in [0.717, 1.165) is 41.6 Å². The smallest absolute Gasteiger partial charge is 0.123 e. The van der Waals surface area contributed by atoms with Crippen molar-refractivity contribution in [3.63, 3.8) is 0 Å². The zero-order valence-corrected chi connectivity index (χ0v) is 14.5. The maximum absolute atomic E-state index is 6.35. The first-order valence-electron chi connectivity index (χ1n) is 9.01. The number of nitrogens with one attached hydrogen (secondary N) is 2. The minimum atomic E-state index is 0.267. The Morgan fingerprint density at radius 1 is 1.24 bits per heavy atom. The Bertz CT molecular complexity index is 830. The molecule has 0 radical (unpaired) electrons. The summed E-state index contributed by atoms with van der Waals surface area (Å²) >= 11 is 0. The molecule has 5 nitrogen and oxygen atoms in total. The first kappa shape index (κ1) is 16.1. The number of aromatic nitrogens is 3. The highest BCUT2D eigenvalue weighted by atomic mass is 16.5. The van der Waals surface area contributed by atoms with Gasteiger partial charge in [0.1, 0.15) is 11.9 Å². The van der Waals surface area contributed by atoms with Gasteiger partial charge in [-0.1, -0.05) is 6.07 Å². The van der Waals surface area contributed by atoms with E-state index < -0.39 is 0 Å². The monoisotopic (exact) mass is 336 g/mol. The van der Waals surface area contributed by atoms with E-state index in [-0.39, 0.29) is 6.10 Å². The average Bonchev–Trinajstić information content (AvgIpc) is 3.13. The van der Waals surface area contributed by atoms with E-state index >= 15 is 0 Å². The summed E-state index contributed by atoms with van der Waals surface area (Å²) in [6.45, 7) is 2.97. The van der Waals surface area contributed by atoms with Crippen LogP contribution in [0, 0.1) is 6.92 Å². The normalized spacial score (nSPS) is 20.7. The van der Waals surface area contributed by atoms with Crippen LogP contribution in [0.5, 0.6) is 5.75 Å². The first-order chi connectivity index (χ1) is 12.3. The van der Waals surface area contributed by atoms with E-state index in [2.05, 4.69) is 39.6 Å². The number of aromatic amines is 1. The van der Waals surface area contributed by atoms with Crippen LogP contribution in [0.2, 0.25) is 0 Å². The largest absolute Gasteiger partial charge is 0.490 e. The molecule has 0 bridgehead atoms. The Kier molecular flexibility index (Phi) is 4.65. The number of hydrogen-bond acceptors (Lipinski definition) is 4. The SMILES string of the molecule is Cc1c(OC2CCCC(NCc3cccnc3)C2)ccc2[nH]ncc12. The lowest BCUT2D eigenvalue weighted by Crippen LogP contribution is -2.37. The van der Waals surface area contributed by atoms with Crippen LogP contribution in [-0.4, -0.2) is 27.3 Å². The molecule has 1 aliphatic rings. The Balaban J connectivity index is 1.38. The van der Waals surface area contributed by atoms with E-state index in [9.17, 15) is 0 Å². The van der Waals surface area contributed by atoms with E-state index in [4.69, 9.17) is 4.74 Å². The Morgan fingerprint density at radius 3 is 3.08 bits per heavy atom. The number of hydrogen-bond donors (Lipinski definition) is 2. The number of pyridine rings is 1. The van der Waals surface area contributed by atoms with Crippen LogP contribution in [0.1, 0.15) is 36.8 Å². The third-order valence-corrected chi connectivity index (χ3v) is 5.08. The van der Waals surface area contributed by atoms with Gasteiger partial charge in [-0.3, -0.25) is 10.1 Å². The van der Waals surface area contributed by atoms with Gasteiger partial charge in [-0.2, -0.15) is 5.10 Å². The highest BCUT2D eigenvalue weighted by Crippen LogP contribution is 2.30. The van der Waals surface area contributed by atoms with Crippen molar-refractivity contribution in [2.75, 3.05) is 0 Å². The zero-order valence-electron chi connectivity index (χ0n) is 14.5. The van der Waals surface area contributed by atoms with Gasteiger partial charge in [0.2, 0.25) is 0 Å². The third kappa shape index (κ3) is 3.66. The van der Waals surface area contributed by atoms with Crippen molar-refractivity contribution in [3.05, 3.63) is 54.0 Å². The lowest BCUT2D eigenvalue weighted by Gasteiger charge is -2.30. The van der Waals surface area contributed by atoms with Gasteiger partial charge in [0, 0.05) is 35.9 Å². The van der Waals surface area contributed by atoms with Crippen molar-refractivity contribution in [1.29, 1.82) is 0 Å². The summed E-state index contributed by atoms with van der Waals surface area (Å²) in [6.07, 6.45) is 10.4. The van der Waals surface area contributed by atoms with Crippen molar-refractivity contribution in [2.24, 2.45) is 0 Å². The lowest BCUT2D eigenvalue weighted by atomic mass is 9.92. The van der Waals surface area contributed by atoms with Crippen LogP contribution in [0.25, 0.3) is 10.9 Å². The molecule has 4 rings (SSSR count). The number of H-pyrrole nitrogens is 1. The number of benzene rings is 1.